The molecule has 162 valence electrons. The van der Waals surface area contributed by atoms with Gasteiger partial charge in [0.1, 0.15) is 11.2 Å². The highest BCUT2D eigenvalue weighted by atomic mass is 16.2. The molecule has 1 saturated carbocycles. The van der Waals surface area contributed by atoms with Crippen LogP contribution in [0.15, 0.2) is 48.8 Å². The van der Waals surface area contributed by atoms with Gasteiger partial charge in [-0.1, -0.05) is 6.07 Å². The number of hydrogen-bond donors (Lipinski definition) is 3. The van der Waals surface area contributed by atoms with Crippen LogP contribution in [0.25, 0.3) is 5.52 Å². The van der Waals surface area contributed by atoms with E-state index in [-0.39, 0.29) is 11.9 Å². The highest BCUT2D eigenvalue weighted by Gasteiger charge is 2.30. The number of aromatic nitrogens is 6. The first kappa shape index (κ1) is 18.8. The number of anilines is 3. The molecule has 0 unspecified atom stereocenters. The van der Waals surface area contributed by atoms with Crippen molar-refractivity contribution in [2.24, 2.45) is 0 Å². The van der Waals surface area contributed by atoms with Gasteiger partial charge in [0.05, 0.1) is 11.7 Å². The van der Waals surface area contributed by atoms with Gasteiger partial charge in [0.2, 0.25) is 5.95 Å². The number of nitrogens with one attached hydrogen (secondary N) is 3. The summed E-state index contributed by atoms with van der Waals surface area (Å²) in [4.78, 5) is 23.9. The number of carbonyl (C=O) groups excluding carboxylic acids is 1. The summed E-state index contributed by atoms with van der Waals surface area (Å²) < 4.78 is 1.81. The van der Waals surface area contributed by atoms with E-state index in [4.69, 9.17) is 10.1 Å². The minimum Gasteiger partial charge on any atom is -0.348 e. The Morgan fingerprint density at radius 1 is 1.16 bits per heavy atom. The summed E-state index contributed by atoms with van der Waals surface area (Å²) in [5, 5.41) is 18.0. The first-order chi connectivity index (χ1) is 15.7. The Bertz CT molecular complexity index is 1260. The van der Waals surface area contributed by atoms with Gasteiger partial charge in [-0.05, 0) is 49.9 Å². The maximum atomic E-state index is 12.3. The Morgan fingerprint density at radius 3 is 2.94 bits per heavy atom. The molecule has 4 aromatic rings. The zero-order valence-electron chi connectivity index (χ0n) is 17.4. The van der Waals surface area contributed by atoms with Crippen molar-refractivity contribution in [3.05, 3.63) is 60.2 Å². The molecule has 10 heteroatoms. The molecule has 1 atom stereocenters. The van der Waals surface area contributed by atoms with Gasteiger partial charge in [-0.15, -0.1) is 5.10 Å². The third kappa shape index (κ3) is 3.53. The van der Waals surface area contributed by atoms with Crippen molar-refractivity contribution in [1.82, 2.24) is 35.1 Å². The zero-order chi connectivity index (χ0) is 21.5. The van der Waals surface area contributed by atoms with E-state index in [1.165, 1.54) is 0 Å². The van der Waals surface area contributed by atoms with E-state index in [1.807, 2.05) is 47.2 Å². The lowest BCUT2D eigenvalue weighted by Gasteiger charge is -2.24. The summed E-state index contributed by atoms with van der Waals surface area (Å²) in [6.07, 6.45) is 7.86. The minimum absolute atomic E-state index is 0.139. The molecule has 0 aromatic carbocycles. The summed E-state index contributed by atoms with van der Waals surface area (Å²) in [6.45, 7) is 0.862. The van der Waals surface area contributed by atoms with Crippen LogP contribution in [0.4, 0.5) is 17.6 Å². The summed E-state index contributed by atoms with van der Waals surface area (Å²) in [6, 6.07) is 12.0. The molecule has 10 nitrogen and oxygen atoms in total. The second-order valence-electron chi connectivity index (χ2n) is 8.24. The number of fused-ring (bicyclic) bond motifs is 1. The molecule has 3 N–H and O–H groups in total. The predicted molar refractivity (Wildman–Crippen MR) is 119 cm³/mol. The van der Waals surface area contributed by atoms with Crippen LogP contribution in [0.2, 0.25) is 0 Å². The molecule has 2 aliphatic rings. The number of pyridine rings is 1. The first-order valence-corrected chi connectivity index (χ1v) is 10.9. The SMILES string of the molecule is O=C(NC1CC1)c1cc(Nc2nc(N3CCC[C@H]3c3ccccn3)nn3cccc23)n[nH]1. The highest BCUT2D eigenvalue weighted by molar-refractivity contribution is 5.93. The Kier molecular flexibility index (Phi) is 4.48. The van der Waals surface area contributed by atoms with Crippen LogP contribution in [0, 0.1) is 0 Å². The van der Waals surface area contributed by atoms with Crippen LogP contribution in [-0.2, 0) is 0 Å². The molecule has 5 heterocycles. The van der Waals surface area contributed by atoms with E-state index >= 15 is 0 Å². The Labute approximate surface area is 184 Å². The molecule has 1 aliphatic heterocycles. The van der Waals surface area contributed by atoms with Crippen molar-refractivity contribution in [2.45, 2.75) is 37.8 Å². The predicted octanol–water partition coefficient (Wildman–Crippen LogP) is 2.82. The maximum absolute atomic E-state index is 12.3. The molecule has 0 bridgehead atoms. The lowest BCUT2D eigenvalue weighted by Crippen LogP contribution is -2.26. The van der Waals surface area contributed by atoms with Gasteiger partial charge in [0.15, 0.2) is 11.6 Å². The van der Waals surface area contributed by atoms with Crippen molar-refractivity contribution in [3.63, 3.8) is 0 Å². The van der Waals surface area contributed by atoms with Gasteiger partial charge in [0.25, 0.3) is 5.91 Å². The summed E-state index contributed by atoms with van der Waals surface area (Å²) in [7, 11) is 0. The minimum atomic E-state index is -0.139. The Hall–Kier alpha value is -3.95. The van der Waals surface area contributed by atoms with Crippen molar-refractivity contribution in [3.8, 4) is 0 Å². The van der Waals surface area contributed by atoms with Gasteiger partial charge in [-0.2, -0.15) is 10.1 Å². The Morgan fingerprint density at radius 2 is 2.09 bits per heavy atom. The van der Waals surface area contributed by atoms with Crippen LogP contribution in [0.1, 0.15) is 47.9 Å². The quantitative estimate of drug-likeness (QED) is 0.432. The number of carbonyl (C=O) groups is 1. The van der Waals surface area contributed by atoms with E-state index in [0.717, 1.165) is 43.4 Å². The third-order valence-corrected chi connectivity index (χ3v) is 5.90. The van der Waals surface area contributed by atoms with Crippen LogP contribution in [-0.4, -0.2) is 48.3 Å². The average molecular weight is 429 g/mol. The maximum Gasteiger partial charge on any atom is 0.269 e. The van der Waals surface area contributed by atoms with E-state index in [1.54, 1.807) is 6.07 Å². The number of hydrogen-bond acceptors (Lipinski definition) is 7. The van der Waals surface area contributed by atoms with E-state index < -0.39 is 0 Å². The van der Waals surface area contributed by atoms with E-state index in [2.05, 4.69) is 30.7 Å². The topological polar surface area (TPSA) is 116 Å². The zero-order valence-corrected chi connectivity index (χ0v) is 17.4. The molecule has 0 radical (unpaired) electrons. The van der Waals surface area contributed by atoms with Crippen molar-refractivity contribution < 1.29 is 4.79 Å². The van der Waals surface area contributed by atoms with E-state index in [9.17, 15) is 4.79 Å². The second kappa shape index (κ2) is 7.63. The molecule has 32 heavy (non-hydrogen) atoms. The van der Waals surface area contributed by atoms with Gasteiger partial charge < -0.3 is 15.5 Å². The fraction of sp³-hybridized carbons (Fsp3) is 0.318. The van der Waals surface area contributed by atoms with Gasteiger partial charge >= 0.3 is 0 Å². The second-order valence-corrected chi connectivity index (χ2v) is 8.24. The number of amides is 1. The third-order valence-electron chi connectivity index (χ3n) is 5.90. The largest absolute Gasteiger partial charge is 0.348 e. The molecule has 2 fully saturated rings. The average Bonchev–Trinajstić information content (AvgIpc) is 3.23. The van der Waals surface area contributed by atoms with Crippen LogP contribution in [0.5, 0.6) is 0 Å². The highest BCUT2D eigenvalue weighted by Crippen LogP contribution is 2.34. The molecule has 6 rings (SSSR count). The molecule has 0 spiro atoms. The molecule has 4 aromatic heterocycles. The van der Waals surface area contributed by atoms with Crippen LogP contribution >= 0.6 is 0 Å². The van der Waals surface area contributed by atoms with Crippen molar-refractivity contribution >= 4 is 29.0 Å². The standard InChI is InChI=1S/C22H23N9O/c32-21(24-14-8-9-14)16-13-19(28-27-16)25-20-18-7-4-12-31(18)29-22(26-20)30-11-3-6-17(30)15-5-1-2-10-23-15/h1-2,4-5,7,10,12-14,17H,3,6,8-9,11H2,(H,24,32)(H2,25,26,27,28,29)/t17-/m0/s1. The summed E-state index contributed by atoms with van der Waals surface area (Å²) in [5.74, 6) is 1.65. The number of aromatic amines is 1. The van der Waals surface area contributed by atoms with Gasteiger partial charge in [-0.3, -0.25) is 14.9 Å². The normalized spacial score (nSPS) is 18.2. The van der Waals surface area contributed by atoms with Crippen LogP contribution < -0.4 is 15.5 Å². The van der Waals surface area contributed by atoms with E-state index in [0.29, 0.717) is 29.3 Å². The Balaban J connectivity index is 1.30. The van der Waals surface area contributed by atoms with Crippen molar-refractivity contribution in [1.29, 1.82) is 0 Å². The molecule has 1 saturated heterocycles. The first-order valence-electron chi connectivity index (χ1n) is 10.9. The molecular weight excluding hydrogens is 406 g/mol. The molecular formula is C22H23N9O. The molecule has 1 amide bonds. The number of H-pyrrole nitrogens is 1. The lowest BCUT2D eigenvalue weighted by atomic mass is 10.1. The number of nitrogens with zero attached hydrogens (tertiary/aromatic N) is 6. The summed E-state index contributed by atoms with van der Waals surface area (Å²) >= 11 is 0. The smallest absolute Gasteiger partial charge is 0.269 e. The van der Waals surface area contributed by atoms with Gasteiger partial charge in [-0.25, -0.2) is 4.52 Å². The number of rotatable bonds is 6. The fourth-order valence-electron chi connectivity index (χ4n) is 4.14. The monoisotopic (exact) mass is 429 g/mol. The van der Waals surface area contributed by atoms with Crippen LogP contribution in [0.3, 0.4) is 0 Å². The molecule has 1 aliphatic carbocycles. The van der Waals surface area contributed by atoms with Gasteiger partial charge in [0, 0.05) is 31.0 Å². The fourth-order valence-corrected chi connectivity index (χ4v) is 4.14. The lowest BCUT2D eigenvalue weighted by molar-refractivity contribution is 0.0946. The van der Waals surface area contributed by atoms with Crippen molar-refractivity contribution in [2.75, 3.05) is 16.8 Å². The summed E-state index contributed by atoms with van der Waals surface area (Å²) in [5.41, 5.74) is 2.28.